The predicted molar refractivity (Wildman–Crippen MR) is 103 cm³/mol. The second kappa shape index (κ2) is 9.04. The summed E-state index contributed by atoms with van der Waals surface area (Å²) < 4.78 is 6.21. The van der Waals surface area contributed by atoms with Gasteiger partial charge < -0.3 is 4.65 Å². The van der Waals surface area contributed by atoms with E-state index in [0.29, 0.717) is 6.61 Å². The molecule has 0 saturated carbocycles. The molecule has 0 amide bonds. The van der Waals surface area contributed by atoms with Crippen LogP contribution in [0.5, 0.6) is 0 Å². The molecule has 0 atom stereocenters. The molecule has 0 unspecified atom stereocenters. The average molecular weight is 317 g/mol. The van der Waals surface area contributed by atoms with E-state index in [9.17, 15) is 0 Å². The highest BCUT2D eigenvalue weighted by Gasteiger charge is 2.21. The Bertz CT molecular complexity index is 714. The SMILES string of the molecule is C.CCc1ccc(B(OCc2ccccn2)c2ccccc2)cc1. The van der Waals surface area contributed by atoms with Crippen LogP contribution in [-0.2, 0) is 17.7 Å². The summed E-state index contributed by atoms with van der Waals surface area (Å²) in [6.07, 6.45) is 2.84. The van der Waals surface area contributed by atoms with Gasteiger partial charge in [0, 0.05) is 6.20 Å². The summed E-state index contributed by atoms with van der Waals surface area (Å²) in [6.45, 7) is 2.58. The lowest BCUT2D eigenvalue weighted by molar-refractivity contribution is 0.316. The molecule has 122 valence electrons. The van der Waals surface area contributed by atoms with Crippen molar-refractivity contribution < 1.29 is 4.65 Å². The number of rotatable bonds is 6. The molecule has 24 heavy (non-hydrogen) atoms. The first-order valence-corrected chi connectivity index (χ1v) is 8.02. The van der Waals surface area contributed by atoms with Gasteiger partial charge in [-0.05, 0) is 35.0 Å². The van der Waals surface area contributed by atoms with Crippen LogP contribution in [0.15, 0.2) is 79.0 Å². The Morgan fingerprint density at radius 3 is 2.12 bits per heavy atom. The Balaban J connectivity index is 0.00000208. The highest BCUT2D eigenvalue weighted by Crippen LogP contribution is 2.03. The molecule has 0 radical (unpaired) electrons. The van der Waals surface area contributed by atoms with Crippen LogP contribution in [0.3, 0.4) is 0 Å². The molecule has 0 saturated heterocycles. The third-order valence-corrected chi connectivity index (χ3v) is 3.92. The lowest BCUT2D eigenvalue weighted by atomic mass is 9.55. The second-order valence-corrected chi connectivity index (χ2v) is 5.52. The van der Waals surface area contributed by atoms with Gasteiger partial charge in [-0.3, -0.25) is 4.98 Å². The molecule has 0 aliphatic carbocycles. The normalized spacial score (nSPS) is 10.0. The minimum absolute atomic E-state index is 0. The van der Waals surface area contributed by atoms with Gasteiger partial charge in [-0.25, -0.2) is 0 Å². The van der Waals surface area contributed by atoms with Crippen LogP contribution in [-0.4, -0.2) is 11.9 Å². The maximum absolute atomic E-state index is 6.21. The van der Waals surface area contributed by atoms with Crippen LogP contribution in [0.1, 0.15) is 25.6 Å². The zero-order valence-electron chi connectivity index (χ0n) is 13.4. The van der Waals surface area contributed by atoms with Crippen molar-refractivity contribution in [3.8, 4) is 0 Å². The number of hydrogen-bond donors (Lipinski definition) is 0. The summed E-state index contributed by atoms with van der Waals surface area (Å²) in [7, 11) is 0. The zero-order valence-corrected chi connectivity index (χ0v) is 13.4. The van der Waals surface area contributed by atoms with E-state index in [1.54, 1.807) is 6.20 Å². The van der Waals surface area contributed by atoms with Crippen LogP contribution in [0.2, 0.25) is 0 Å². The summed E-state index contributed by atoms with van der Waals surface area (Å²) in [4.78, 5) is 4.34. The van der Waals surface area contributed by atoms with Gasteiger partial charge in [-0.2, -0.15) is 0 Å². The number of nitrogens with zero attached hydrogens (tertiary/aromatic N) is 1. The Morgan fingerprint density at radius 1 is 0.833 bits per heavy atom. The highest BCUT2D eigenvalue weighted by atomic mass is 16.4. The summed E-state index contributed by atoms with van der Waals surface area (Å²) in [5.74, 6) is 0. The summed E-state index contributed by atoms with van der Waals surface area (Å²) in [5, 5.41) is 0. The minimum atomic E-state index is -0.0795. The molecule has 0 N–H and O–H groups in total. The van der Waals surface area contributed by atoms with Crippen molar-refractivity contribution in [1.29, 1.82) is 0 Å². The van der Waals surface area contributed by atoms with Crippen molar-refractivity contribution in [2.75, 3.05) is 0 Å². The lowest BCUT2D eigenvalue weighted by Crippen LogP contribution is -2.44. The van der Waals surface area contributed by atoms with Crippen LogP contribution >= 0.6 is 0 Å². The van der Waals surface area contributed by atoms with Crippen molar-refractivity contribution >= 4 is 17.8 Å². The third-order valence-electron chi connectivity index (χ3n) is 3.92. The maximum atomic E-state index is 6.21. The van der Waals surface area contributed by atoms with Crippen LogP contribution in [0.25, 0.3) is 0 Å². The number of hydrogen-bond acceptors (Lipinski definition) is 2. The van der Waals surface area contributed by atoms with Crippen molar-refractivity contribution in [1.82, 2.24) is 4.98 Å². The Kier molecular flexibility index (Phi) is 6.77. The molecule has 3 rings (SSSR count). The molecule has 0 aliphatic heterocycles. The zero-order chi connectivity index (χ0) is 15.9. The van der Waals surface area contributed by atoms with E-state index >= 15 is 0 Å². The molecule has 3 aromatic rings. The fourth-order valence-electron chi connectivity index (χ4n) is 2.59. The van der Waals surface area contributed by atoms with E-state index in [4.69, 9.17) is 4.65 Å². The number of pyridine rings is 1. The van der Waals surface area contributed by atoms with Crippen molar-refractivity contribution in [2.24, 2.45) is 0 Å². The van der Waals surface area contributed by atoms with Crippen molar-refractivity contribution in [3.63, 3.8) is 0 Å². The Labute approximate surface area is 145 Å². The van der Waals surface area contributed by atoms with E-state index in [2.05, 4.69) is 48.3 Å². The number of aromatic nitrogens is 1. The van der Waals surface area contributed by atoms with Crippen molar-refractivity contribution in [2.45, 2.75) is 27.4 Å². The van der Waals surface area contributed by atoms with Crippen LogP contribution < -0.4 is 10.9 Å². The molecule has 0 bridgehead atoms. The molecule has 0 fully saturated rings. The highest BCUT2D eigenvalue weighted by molar-refractivity contribution is 6.80. The van der Waals surface area contributed by atoms with E-state index < -0.39 is 0 Å². The van der Waals surface area contributed by atoms with Gasteiger partial charge in [0.25, 0.3) is 0 Å². The molecule has 2 aromatic carbocycles. The quantitative estimate of drug-likeness (QED) is 0.648. The summed E-state index contributed by atoms with van der Waals surface area (Å²) in [6, 6.07) is 24.9. The molecule has 1 aromatic heterocycles. The molecule has 0 aliphatic rings. The topological polar surface area (TPSA) is 22.1 Å². The molecular formula is C21H24BNO. The van der Waals surface area contributed by atoms with Gasteiger partial charge in [0.1, 0.15) is 0 Å². The Morgan fingerprint density at radius 2 is 1.50 bits per heavy atom. The van der Waals surface area contributed by atoms with E-state index in [1.807, 2.05) is 36.4 Å². The van der Waals surface area contributed by atoms with E-state index in [1.165, 1.54) is 11.0 Å². The standard InChI is InChI=1S/C20H20BNO.CH4/c1-2-17-11-13-19(14-12-17)21(18-8-4-3-5-9-18)23-16-20-10-6-7-15-22-20;/h3-15H,2,16H2,1H3;1H4. The number of benzene rings is 2. The second-order valence-electron chi connectivity index (χ2n) is 5.52. The van der Waals surface area contributed by atoms with Gasteiger partial charge in [0.15, 0.2) is 0 Å². The molecular weight excluding hydrogens is 293 g/mol. The van der Waals surface area contributed by atoms with Gasteiger partial charge in [-0.1, -0.05) is 75.0 Å². The van der Waals surface area contributed by atoms with Crippen LogP contribution in [0, 0.1) is 0 Å². The molecule has 1 heterocycles. The summed E-state index contributed by atoms with van der Waals surface area (Å²) in [5.41, 5.74) is 4.61. The first-order chi connectivity index (χ1) is 11.4. The first-order valence-electron chi connectivity index (χ1n) is 8.02. The largest absolute Gasteiger partial charge is 0.421 e. The minimum Gasteiger partial charge on any atom is -0.421 e. The number of aryl methyl sites for hydroxylation is 1. The first kappa shape index (κ1) is 18.0. The van der Waals surface area contributed by atoms with Gasteiger partial charge in [0.05, 0.1) is 12.3 Å². The molecule has 0 spiro atoms. The lowest BCUT2D eigenvalue weighted by Gasteiger charge is -2.15. The smallest absolute Gasteiger partial charge is 0.361 e. The van der Waals surface area contributed by atoms with E-state index in [-0.39, 0.29) is 14.3 Å². The molecule has 3 heteroatoms. The van der Waals surface area contributed by atoms with Gasteiger partial charge in [0.2, 0.25) is 0 Å². The third kappa shape index (κ3) is 4.56. The molecule has 2 nitrogen and oxygen atoms in total. The Hall–Kier alpha value is -2.39. The average Bonchev–Trinajstić information content (AvgIpc) is 2.64. The van der Waals surface area contributed by atoms with E-state index in [0.717, 1.165) is 17.6 Å². The van der Waals surface area contributed by atoms with Gasteiger partial charge in [-0.15, -0.1) is 0 Å². The van der Waals surface area contributed by atoms with Gasteiger partial charge >= 0.3 is 6.92 Å². The van der Waals surface area contributed by atoms with Crippen molar-refractivity contribution in [3.05, 3.63) is 90.3 Å². The summed E-state index contributed by atoms with van der Waals surface area (Å²) >= 11 is 0. The fourth-order valence-corrected chi connectivity index (χ4v) is 2.59. The monoisotopic (exact) mass is 317 g/mol. The van der Waals surface area contributed by atoms with Crippen LogP contribution in [0.4, 0.5) is 0 Å². The predicted octanol–water partition coefficient (Wildman–Crippen LogP) is 3.60. The maximum Gasteiger partial charge on any atom is 0.361 e. The fraction of sp³-hybridized carbons (Fsp3) is 0.190.